The van der Waals surface area contributed by atoms with E-state index in [4.69, 9.17) is 0 Å². The van der Waals surface area contributed by atoms with E-state index in [0.717, 1.165) is 19.5 Å². The van der Waals surface area contributed by atoms with Crippen molar-refractivity contribution in [2.24, 2.45) is 0 Å². The second-order valence-corrected chi connectivity index (χ2v) is 16.5. The van der Waals surface area contributed by atoms with Gasteiger partial charge in [-0.1, -0.05) is 245 Å². The van der Waals surface area contributed by atoms with Crippen LogP contribution in [0.5, 0.6) is 0 Å². The first-order valence-electron chi connectivity index (χ1n) is 23.6. The molecule has 0 aromatic rings. The van der Waals surface area contributed by atoms with E-state index in [9.17, 15) is 9.90 Å². The molecule has 0 radical (unpaired) electrons. The van der Waals surface area contributed by atoms with Gasteiger partial charge in [-0.05, 0) is 39.3 Å². The lowest BCUT2D eigenvalue weighted by Gasteiger charge is -2.29. The van der Waals surface area contributed by atoms with Gasteiger partial charge in [0.05, 0.1) is 0 Å². The molecule has 0 aromatic carbocycles. The van der Waals surface area contributed by atoms with Crippen molar-refractivity contribution in [1.29, 1.82) is 0 Å². The highest BCUT2D eigenvalue weighted by Crippen LogP contribution is 2.18. The van der Waals surface area contributed by atoms with Crippen molar-refractivity contribution in [3.05, 3.63) is 0 Å². The van der Waals surface area contributed by atoms with E-state index in [1.165, 1.54) is 244 Å². The number of hydrogen-bond donors (Lipinski definition) is 1. The molecular formula is C47H95NO2. The molecule has 1 unspecified atom stereocenters. The minimum absolute atomic E-state index is 0.302. The second-order valence-electron chi connectivity index (χ2n) is 16.5. The SMILES string of the molecule is CCCCCCCCCCCCCCCCCCCCCN(CCCCCCCCCCCCCCCCCCCCC)C(C)CCC(=O)O. The van der Waals surface area contributed by atoms with Crippen LogP contribution in [-0.4, -0.2) is 35.1 Å². The quantitative estimate of drug-likeness (QED) is 0.0642. The van der Waals surface area contributed by atoms with E-state index in [2.05, 4.69) is 25.7 Å². The molecule has 3 nitrogen and oxygen atoms in total. The van der Waals surface area contributed by atoms with Gasteiger partial charge in [-0.25, -0.2) is 0 Å². The summed E-state index contributed by atoms with van der Waals surface area (Å²) in [5.41, 5.74) is 0. The second kappa shape index (κ2) is 42.8. The smallest absolute Gasteiger partial charge is 0.303 e. The summed E-state index contributed by atoms with van der Waals surface area (Å²) in [6.45, 7) is 9.16. The average molecular weight is 706 g/mol. The van der Waals surface area contributed by atoms with Gasteiger partial charge in [0.25, 0.3) is 0 Å². The van der Waals surface area contributed by atoms with Crippen molar-refractivity contribution in [3.63, 3.8) is 0 Å². The Hall–Kier alpha value is -0.570. The van der Waals surface area contributed by atoms with Gasteiger partial charge in [0.2, 0.25) is 0 Å². The highest BCUT2D eigenvalue weighted by atomic mass is 16.4. The molecule has 1 N–H and O–H groups in total. The molecular weight excluding hydrogens is 611 g/mol. The topological polar surface area (TPSA) is 40.5 Å². The van der Waals surface area contributed by atoms with E-state index < -0.39 is 5.97 Å². The molecule has 0 aliphatic heterocycles. The van der Waals surface area contributed by atoms with Gasteiger partial charge in [0, 0.05) is 12.5 Å². The number of carbonyl (C=O) groups is 1. The van der Waals surface area contributed by atoms with Crippen LogP contribution in [0.2, 0.25) is 0 Å². The highest BCUT2D eigenvalue weighted by Gasteiger charge is 2.14. The van der Waals surface area contributed by atoms with Gasteiger partial charge in [0.15, 0.2) is 0 Å². The Labute approximate surface area is 316 Å². The molecule has 0 spiro atoms. The number of nitrogens with zero attached hydrogens (tertiary/aromatic N) is 1. The molecule has 0 bridgehead atoms. The van der Waals surface area contributed by atoms with Gasteiger partial charge in [-0.2, -0.15) is 0 Å². The number of rotatable bonds is 44. The molecule has 50 heavy (non-hydrogen) atoms. The minimum Gasteiger partial charge on any atom is -0.481 e. The van der Waals surface area contributed by atoms with Crippen LogP contribution in [0.1, 0.15) is 278 Å². The standard InChI is InChI=1S/C47H95NO2/c1-4-6-8-10-12-14-16-18-20-22-24-26-28-30-32-34-36-38-40-44-48(46(3)42-43-47(49)50)45-41-39-37-35-33-31-29-27-25-23-21-19-17-15-13-11-9-7-5-2/h46H,4-45H2,1-3H3,(H,49,50). The zero-order valence-corrected chi connectivity index (χ0v) is 35.1. The van der Waals surface area contributed by atoms with Gasteiger partial charge in [0.1, 0.15) is 0 Å². The molecule has 0 saturated heterocycles. The van der Waals surface area contributed by atoms with Gasteiger partial charge in [-0.15, -0.1) is 0 Å². The van der Waals surface area contributed by atoms with Crippen LogP contribution in [0.3, 0.4) is 0 Å². The van der Waals surface area contributed by atoms with E-state index in [1.54, 1.807) is 0 Å². The minimum atomic E-state index is -0.649. The van der Waals surface area contributed by atoms with Crippen molar-refractivity contribution >= 4 is 5.97 Å². The van der Waals surface area contributed by atoms with E-state index >= 15 is 0 Å². The summed E-state index contributed by atoms with van der Waals surface area (Å²) in [5, 5.41) is 9.22. The highest BCUT2D eigenvalue weighted by molar-refractivity contribution is 5.66. The van der Waals surface area contributed by atoms with Crippen molar-refractivity contribution < 1.29 is 9.90 Å². The third-order valence-electron chi connectivity index (χ3n) is 11.5. The fourth-order valence-electron chi connectivity index (χ4n) is 7.85. The predicted octanol–water partition coefficient (Wildman–Crippen LogP) is 16.4. The zero-order chi connectivity index (χ0) is 36.4. The van der Waals surface area contributed by atoms with Crippen molar-refractivity contribution in [1.82, 2.24) is 4.90 Å². The number of aliphatic carboxylic acids is 1. The van der Waals surface area contributed by atoms with Crippen LogP contribution >= 0.6 is 0 Å². The summed E-state index contributed by atoms with van der Waals surface area (Å²) in [6, 6.07) is 0.386. The molecule has 1 atom stereocenters. The molecule has 0 amide bonds. The Morgan fingerprint density at radius 3 is 0.780 bits per heavy atom. The van der Waals surface area contributed by atoms with Crippen LogP contribution in [0.4, 0.5) is 0 Å². The average Bonchev–Trinajstić information content (AvgIpc) is 3.11. The number of carboxylic acids is 1. The van der Waals surface area contributed by atoms with E-state index in [-0.39, 0.29) is 0 Å². The molecule has 0 fully saturated rings. The van der Waals surface area contributed by atoms with Gasteiger partial charge < -0.3 is 10.0 Å². The normalized spacial score (nSPS) is 12.3. The number of carboxylic acid groups (broad SMARTS) is 1. The molecule has 0 aliphatic carbocycles. The van der Waals surface area contributed by atoms with E-state index in [0.29, 0.717) is 12.5 Å². The molecule has 0 heterocycles. The number of hydrogen-bond acceptors (Lipinski definition) is 2. The summed E-state index contributed by atoms with van der Waals surface area (Å²) in [7, 11) is 0. The Morgan fingerprint density at radius 2 is 0.580 bits per heavy atom. The van der Waals surface area contributed by atoms with E-state index in [1.807, 2.05) is 0 Å². The van der Waals surface area contributed by atoms with Crippen molar-refractivity contribution in [2.45, 2.75) is 284 Å². The first-order chi connectivity index (χ1) is 24.6. The first kappa shape index (κ1) is 49.4. The third-order valence-corrected chi connectivity index (χ3v) is 11.5. The molecule has 0 rings (SSSR count). The molecule has 0 aromatic heterocycles. The summed E-state index contributed by atoms with van der Waals surface area (Å²) in [4.78, 5) is 13.8. The fraction of sp³-hybridized carbons (Fsp3) is 0.979. The molecule has 0 aliphatic rings. The summed E-state index contributed by atoms with van der Waals surface area (Å²) >= 11 is 0. The molecule has 0 saturated carbocycles. The Bertz CT molecular complexity index is 595. The Balaban J connectivity index is 3.69. The third kappa shape index (κ3) is 40.2. The van der Waals surface area contributed by atoms with Crippen molar-refractivity contribution in [2.75, 3.05) is 13.1 Å². The van der Waals surface area contributed by atoms with Gasteiger partial charge >= 0.3 is 5.97 Å². The van der Waals surface area contributed by atoms with Crippen LogP contribution in [0, 0.1) is 0 Å². The lowest BCUT2D eigenvalue weighted by atomic mass is 10.0. The lowest BCUT2D eigenvalue weighted by Crippen LogP contribution is -2.35. The zero-order valence-electron chi connectivity index (χ0n) is 35.1. The van der Waals surface area contributed by atoms with Crippen LogP contribution in [0.25, 0.3) is 0 Å². The largest absolute Gasteiger partial charge is 0.481 e. The Kier molecular flexibility index (Phi) is 42.4. The van der Waals surface area contributed by atoms with Crippen LogP contribution in [0.15, 0.2) is 0 Å². The van der Waals surface area contributed by atoms with Crippen LogP contribution in [-0.2, 0) is 4.79 Å². The number of unbranched alkanes of at least 4 members (excludes halogenated alkanes) is 36. The Morgan fingerprint density at radius 1 is 0.380 bits per heavy atom. The molecule has 300 valence electrons. The van der Waals surface area contributed by atoms with Crippen molar-refractivity contribution in [3.8, 4) is 0 Å². The lowest BCUT2D eigenvalue weighted by molar-refractivity contribution is -0.137. The predicted molar refractivity (Wildman–Crippen MR) is 225 cm³/mol. The maximum absolute atomic E-state index is 11.2. The summed E-state index contributed by atoms with van der Waals surface area (Å²) < 4.78 is 0. The summed E-state index contributed by atoms with van der Waals surface area (Å²) in [6.07, 6.45) is 55.1. The maximum atomic E-state index is 11.2. The van der Waals surface area contributed by atoms with Crippen LogP contribution < -0.4 is 0 Å². The fourth-order valence-corrected chi connectivity index (χ4v) is 7.85. The molecule has 3 heteroatoms. The maximum Gasteiger partial charge on any atom is 0.303 e. The first-order valence-corrected chi connectivity index (χ1v) is 23.6. The monoisotopic (exact) mass is 706 g/mol. The van der Waals surface area contributed by atoms with Gasteiger partial charge in [-0.3, -0.25) is 4.79 Å². The summed E-state index contributed by atoms with van der Waals surface area (Å²) in [5.74, 6) is -0.649.